The second kappa shape index (κ2) is 1.74. The van der Waals surface area contributed by atoms with E-state index >= 15 is 0 Å². The van der Waals surface area contributed by atoms with E-state index in [0.717, 1.165) is 0 Å². The predicted molar refractivity (Wildman–Crippen MR) is 39.7 cm³/mol. The van der Waals surface area contributed by atoms with Gasteiger partial charge in [-0.2, -0.15) is 0 Å². The van der Waals surface area contributed by atoms with Gasteiger partial charge in [-0.15, -0.1) is 0 Å². The maximum atomic E-state index is 5.81. The molecule has 1 aliphatic carbocycles. The van der Waals surface area contributed by atoms with Crippen molar-refractivity contribution in [1.29, 1.82) is 0 Å². The Balaban J connectivity index is 2.16. The van der Waals surface area contributed by atoms with Gasteiger partial charge >= 0.3 is 0 Å². The predicted octanol–water partition coefficient (Wildman–Crippen LogP) is 1.22. The van der Waals surface area contributed by atoms with Crippen molar-refractivity contribution in [1.82, 2.24) is 4.90 Å². The minimum absolute atomic E-state index is 0.272. The van der Waals surface area contributed by atoms with E-state index in [4.69, 9.17) is 4.74 Å². The van der Waals surface area contributed by atoms with Crippen LogP contribution < -0.4 is 0 Å². The van der Waals surface area contributed by atoms with Crippen molar-refractivity contribution in [2.24, 2.45) is 0 Å². The fourth-order valence-electron chi connectivity index (χ4n) is 1.87. The summed E-state index contributed by atoms with van der Waals surface area (Å²) >= 11 is 0. The largest absolute Gasteiger partial charge is 0.355 e. The van der Waals surface area contributed by atoms with E-state index in [-0.39, 0.29) is 5.60 Å². The van der Waals surface area contributed by atoms with E-state index in [1.807, 2.05) is 0 Å². The van der Waals surface area contributed by atoms with Crippen LogP contribution in [0.15, 0.2) is 0 Å². The Labute approximate surface area is 62.2 Å². The lowest BCUT2D eigenvalue weighted by Crippen LogP contribution is -2.32. The fourth-order valence-corrected chi connectivity index (χ4v) is 1.87. The van der Waals surface area contributed by atoms with Crippen molar-refractivity contribution >= 4 is 0 Å². The van der Waals surface area contributed by atoms with Gasteiger partial charge in [0.05, 0.1) is 5.60 Å². The highest BCUT2D eigenvalue weighted by molar-refractivity contribution is 5.07. The summed E-state index contributed by atoms with van der Waals surface area (Å²) in [5.74, 6) is 0. The third-order valence-electron chi connectivity index (χ3n) is 3.09. The van der Waals surface area contributed by atoms with E-state index in [0.29, 0.717) is 12.3 Å². The molecule has 10 heavy (non-hydrogen) atoms. The topological polar surface area (TPSA) is 12.5 Å². The standard InChI is InChI=1S/C8H15NO/c1-6-8(4-5-8)10-7(2)9(6)3/h6-7H,4-5H2,1-3H3/t6-,7?/m0/s1. The first-order valence-corrected chi connectivity index (χ1v) is 4.05. The molecule has 2 rings (SSSR count). The monoisotopic (exact) mass is 141 g/mol. The molecule has 0 bridgehead atoms. The van der Waals surface area contributed by atoms with Gasteiger partial charge in [0, 0.05) is 6.04 Å². The number of rotatable bonds is 0. The normalized spacial score (nSPS) is 44.7. The molecule has 0 aromatic heterocycles. The zero-order valence-corrected chi connectivity index (χ0v) is 6.92. The van der Waals surface area contributed by atoms with E-state index < -0.39 is 0 Å². The third-order valence-corrected chi connectivity index (χ3v) is 3.09. The molecule has 2 atom stereocenters. The van der Waals surface area contributed by atoms with Crippen LogP contribution in [-0.4, -0.2) is 29.8 Å². The highest BCUT2D eigenvalue weighted by Crippen LogP contribution is 2.49. The van der Waals surface area contributed by atoms with Crippen LogP contribution in [-0.2, 0) is 4.74 Å². The number of likely N-dealkylation sites (N-methyl/N-ethyl adjacent to an activating group) is 1. The summed E-state index contributed by atoms with van der Waals surface area (Å²) < 4.78 is 5.81. The smallest absolute Gasteiger partial charge is 0.108 e. The van der Waals surface area contributed by atoms with Gasteiger partial charge in [0.15, 0.2) is 0 Å². The Morgan fingerprint density at radius 2 is 2.00 bits per heavy atom. The number of nitrogens with zero attached hydrogens (tertiary/aromatic N) is 1. The highest BCUT2D eigenvalue weighted by Gasteiger charge is 2.56. The van der Waals surface area contributed by atoms with Crippen LogP contribution in [0.5, 0.6) is 0 Å². The van der Waals surface area contributed by atoms with Crippen LogP contribution in [0.3, 0.4) is 0 Å². The lowest BCUT2D eigenvalue weighted by Gasteiger charge is -2.17. The van der Waals surface area contributed by atoms with Gasteiger partial charge in [-0.05, 0) is 33.7 Å². The molecule has 0 aromatic carbocycles. The van der Waals surface area contributed by atoms with Gasteiger partial charge in [-0.3, -0.25) is 4.90 Å². The molecule has 1 unspecified atom stereocenters. The summed E-state index contributed by atoms with van der Waals surface area (Å²) in [6, 6.07) is 0.627. The van der Waals surface area contributed by atoms with Crippen LogP contribution in [0.25, 0.3) is 0 Å². The average molecular weight is 141 g/mol. The second-order valence-corrected chi connectivity index (χ2v) is 3.62. The molecule has 58 valence electrons. The van der Waals surface area contributed by atoms with E-state index in [1.54, 1.807) is 0 Å². The number of ether oxygens (including phenoxy) is 1. The average Bonchev–Trinajstić information content (AvgIpc) is 2.62. The molecule has 2 heteroatoms. The summed E-state index contributed by atoms with van der Waals surface area (Å²) in [4.78, 5) is 2.31. The van der Waals surface area contributed by atoms with Gasteiger partial charge in [-0.1, -0.05) is 0 Å². The van der Waals surface area contributed by atoms with Crippen molar-refractivity contribution in [2.45, 2.75) is 44.6 Å². The van der Waals surface area contributed by atoms with E-state index in [9.17, 15) is 0 Å². The van der Waals surface area contributed by atoms with Gasteiger partial charge in [0.2, 0.25) is 0 Å². The number of hydrogen-bond donors (Lipinski definition) is 0. The molecular weight excluding hydrogens is 126 g/mol. The molecule has 0 radical (unpaired) electrons. The van der Waals surface area contributed by atoms with Crippen LogP contribution in [0.1, 0.15) is 26.7 Å². The van der Waals surface area contributed by atoms with E-state index in [2.05, 4.69) is 25.8 Å². The molecule has 0 N–H and O–H groups in total. The van der Waals surface area contributed by atoms with Gasteiger partial charge in [0.25, 0.3) is 0 Å². The molecule has 0 amide bonds. The SMILES string of the molecule is CC1OC2(CC2)[C@H](C)N1C. The second-order valence-electron chi connectivity index (χ2n) is 3.62. The number of hydrogen-bond acceptors (Lipinski definition) is 2. The fraction of sp³-hybridized carbons (Fsp3) is 1.00. The van der Waals surface area contributed by atoms with Gasteiger partial charge in [-0.25, -0.2) is 0 Å². The molecular formula is C8H15NO. The maximum Gasteiger partial charge on any atom is 0.108 e. The van der Waals surface area contributed by atoms with E-state index in [1.165, 1.54) is 12.8 Å². The summed E-state index contributed by atoms with van der Waals surface area (Å²) in [5, 5.41) is 0. The molecule has 1 aliphatic heterocycles. The maximum absolute atomic E-state index is 5.81. The summed E-state index contributed by atoms with van der Waals surface area (Å²) in [7, 11) is 2.14. The van der Waals surface area contributed by atoms with Gasteiger partial charge in [0.1, 0.15) is 6.23 Å². The Hall–Kier alpha value is -0.0800. The third kappa shape index (κ3) is 0.663. The Kier molecular flexibility index (Phi) is 1.15. The molecule has 1 saturated carbocycles. The van der Waals surface area contributed by atoms with Gasteiger partial charge < -0.3 is 4.74 Å². The molecule has 2 aliphatic rings. The van der Waals surface area contributed by atoms with Crippen molar-refractivity contribution in [3.8, 4) is 0 Å². The highest BCUT2D eigenvalue weighted by atomic mass is 16.5. The van der Waals surface area contributed by atoms with Crippen LogP contribution >= 0.6 is 0 Å². The quantitative estimate of drug-likeness (QED) is 0.503. The lowest BCUT2D eigenvalue weighted by atomic mass is 10.1. The Morgan fingerprint density at radius 1 is 1.40 bits per heavy atom. The molecule has 1 spiro atoms. The molecule has 1 heterocycles. The summed E-state index contributed by atoms with van der Waals surface area (Å²) in [6.45, 7) is 4.39. The first-order valence-electron chi connectivity index (χ1n) is 4.05. The van der Waals surface area contributed by atoms with Crippen LogP contribution in [0.2, 0.25) is 0 Å². The summed E-state index contributed by atoms with van der Waals surface area (Å²) in [6.07, 6.45) is 2.86. The van der Waals surface area contributed by atoms with Crippen LogP contribution in [0.4, 0.5) is 0 Å². The first-order chi connectivity index (χ1) is 4.66. The summed E-state index contributed by atoms with van der Waals surface area (Å²) in [5.41, 5.74) is 0.272. The lowest BCUT2D eigenvalue weighted by molar-refractivity contribution is 0.00886. The molecule has 2 nitrogen and oxygen atoms in total. The van der Waals surface area contributed by atoms with Crippen molar-refractivity contribution < 1.29 is 4.74 Å². The molecule has 1 saturated heterocycles. The zero-order chi connectivity index (χ0) is 7.35. The molecule has 2 fully saturated rings. The first kappa shape index (κ1) is 6.62. The molecule has 0 aromatic rings. The minimum atomic E-state index is 0.272. The zero-order valence-electron chi connectivity index (χ0n) is 6.92. The van der Waals surface area contributed by atoms with Crippen molar-refractivity contribution in [3.63, 3.8) is 0 Å². The van der Waals surface area contributed by atoms with Crippen LogP contribution in [0, 0.1) is 0 Å². The minimum Gasteiger partial charge on any atom is -0.355 e. The Morgan fingerprint density at radius 3 is 2.20 bits per heavy atom. The Bertz CT molecular complexity index is 153. The van der Waals surface area contributed by atoms with Crippen molar-refractivity contribution in [3.05, 3.63) is 0 Å². The van der Waals surface area contributed by atoms with Crippen molar-refractivity contribution in [2.75, 3.05) is 7.05 Å².